The summed E-state index contributed by atoms with van der Waals surface area (Å²) >= 11 is 0. The third-order valence-electron chi connectivity index (χ3n) is 4.39. The normalized spacial score (nSPS) is 17.2. The fourth-order valence-corrected chi connectivity index (χ4v) is 3.03. The van der Waals surface area contributed by atoms with Gasteiger partial charge in [-0.05, 0) is 12.8 Å². The number of hydrogen-bond donors (Lipinski definition) is 0. The molecule has 0 spiro atoms. The van der Waals surface area contributed by atoms with E-state index in [0.717, 1.165) is 13.2 Å². The SMILES string of the molecule is CCCCCCC(C)(CCCCCC)C1OCCO1. The summed E-state index contributed by atoms with van der Waals surface area (Å²) in [6.45, 7) is 8.48. The molecule has 0 atom stereocenters. The zero-order chi connectivity index (χ0) is 14.0. The summed E-state index contributed by atoms with van der Waals surface area (Å²) in [5.41, 5.74) is 0.234. The first-order valence-electron chi connectivity index (χ1n) is 8.46. The van der Waals surface area contributed by atoms with Crippen molar-refractivity contribution in [3.63, 3.8) is 0 Å². The average molecular weight is 270 g/mol. The lowest BCUT2D eigenvalue weighted by Crippen LogP contribution is -2.33. The molecule has 0 aromatic carbocycles. The average Bonchev–Trinajstić information content (AvgIpc) is 2.95. The first-order chi connectivity index (χ1) is 9.23. The van der Waals surface area contributed by atoms with E-state index < -0.39 is 0 Å². The topological polar surface area (TPSA) is 18.5 Å². The van der Waals surface area contributed by atoms with Crippen LogP contribution in [0.5, 0.6) is 0 Å². The van der Waals surface area contributed by atoms with Crippen LogP contribution in [0.15, 0.2) is 0 Å². The standard InChI is InChI=1S/C17H34O2/c1-4-6-8-10-12-17(3,13-11-9-7-5-2)16-18-14-15-19-16/h16H,4-15H2,1-3H3. The molecule has 114 valence electrons. The second-order valence-corrected chi connectivity index (χ2v) is 6.35. The number of hydrogen-bond acceptors (Lipinski definition) is 2. The molecule has 1 saturated heterocycles. The van der Waals surface area contributed by atoms with Gasteiger partial charge in [-0.1, -0.05) is 72.1 Å². The van der Waals surface area contributed by atoms with Gasteiger partial charge in [-0.15, -0.1) is 0 Å². The van der Waals surface area contributed by atoms with E-state index in [1.165, 1.54) is 64.2 Å². The summed E-state index contributed by atoms with van der Waals surface area (Å²) in [7, 11) is 0. The van der Waals surface area contributed by atoms with Crippen molar-refractivity contribution < 1.29 is 9.47 Å². The summed E-state index contributed by atoms with van der Waals surface area (Å²) in [4.78, 5) is 0. The monoisotopic (exact) mass is 270 g/mol. The molecule has 0 unspecified atom stereocenters. The van der Waals surface area contributed by atoms with Crippen LogP contribution in [0.2, 0.25) is 0 Å². The molecule has 0 aromatic heterocycles. The molecule has 0 aromatic rings. The van der Waals surface area contributed by atoms with Crippen molar-refractivity contribution >= 4 is 0 Å². The fourth-order valence-electron chi connectivity index (χ4n) is 3.03. The Kier molecular flexibility index (Phi) is 8.72. The Morgan fingerprint density at radius 1 is 0.789 bits per heavy atom. The minimum atomic E-state index is 0.0516. The van der Waals surface area contributed by atoms with Crippen LogP contribution in [-0.4, -0.2) is 19.5 Å². The van der Waals surface area contributed by atoms with Crippen LogP contribution < -0.4 is 0 Å². The molecule has 1 aliphatic rings. The van der Waals surface area contributed by atoms with Gasteiger partial charge in [-0.25, -0.2) is 0 Å². The molecule has 0 bridgehead atoms. The van der Waals surface area contributed by atoms with Gasteiger partial charge in [0.2, 0.25) is 0 Å². The molecule has 1 fully saturated rings. The molecular weight excluding hydrogens is 236 g/mol. The Labute approximate surface area is 120 Å². The number of ether oxygens (including phenoxy) is 2. The third-order valence-corrected chi connectivity index (χ3v) is 4.39. The summed E-state index contributed by atoms with van der Waals surface area (Å²) in [5.74, 6) is 0. The van der Waals surface area contributed by atoms with Crippen molar-refractivity contribution in [3.05, 3.63) is 0 Å². The second-order valence-electron chi connectivity index (χ2n) is 6.35. The van der Waals surface area contributed by atoms with E-state index in [0.29, 0.717) is 0 Å². The molecule has 1 aliphatic heterocycles. The maximum atomic E-state index is 5.81. The van der Waals surface area contributed by atoms with Gasteiger partial charge < -0.3 is 9.47 Å². The smallest absolute Gasteiger partial charge is 0.163 e. The quantitative estimate of drug-likeness (QED) is 0.474. The molecule has 1 rings (SSSR count). The first-order valence-corrected chi connectivity index (χ1v) is 8.46. The van der Waals surface area contributed by atoms with Gasteiger partial charge in [0.25, 0.3) is 0 Å². The van der Waals surface area contributed by atoms with Gasteiger partial charge in [-0.3, -0.25) is 0 Å². The first kappa shape index (κ1) is 17.0. The van der Waals surface area contributed by atoms with Crippen molar-refractivity contribution in [1.29, 1.82) is 0 Å². The number of rotatable bonds is 11. The van der Waals surface area contributed by atoms with E-state index in [9.17, 15) is 0 Å². The zero-order valence-electron chi connectivity index (χ0n) is 13.4. The van der Waals surface area contributed by atoms with Crippen molar-refractivity contribution in [2.24, 2.45) is 5.41 Å². The highest BCUT2D eigenvalue weighted by Gasteiger charge is 2.37. The maximum absolute atomic E-state index is 5.81. The largest absolute Gasteiger partial charge is 0.350 e. The van der Waals surface area contributed by atoms with Gasteiger partial charge >= 0.3 is 0 Å². The highest BCUT2D eigenvalue weighted by atomic mass is 16.7. The fraction of sp³-hybridized carbons (Fsp3) is 1.00. The van der Waals surface area contributed by atoms with Crippen molar-refractivity contribution in [3.8, 4) is 0 Å². The lowest BCUT2D eigenvalue weighted by atomic mass is 9.79. The van der Waals surface area contributed by atoms with Crippen LogP contribution in [0.1, 0.15) is 85.0 Å². The van der Waals surface area contributed by atoms with Gasteiger partial charge in [0.1, 0.15) is 0 Å². The Morgan fingerprint density at radius 3 is 1.68 bits per heavy atom. The van der Waals surface area contributed by atoms with Crippen LogP contribution in [0.25, 0.3) is 0 Å². The van der Waals surface area contributed by atoms with Crippen molar-refractivity contribution in [2.75, 3.05) is 13.2 Å². The van der Waals surface area contributed by atoms with E-state index in [-0.39, 0.29) is 11.7 Å². The lowest BCUT2D eigenvalue weighted by Gasteiger charge is -2.34. The number of unbranched alkanes of at least 4 members (excludes halogenated alkanes) is 6. The zero-order valence-corrected chi connectivity index (χ0v) is 13.4. The molecule has 2 nitrogen and oxygen atoms in total. The summed E-state index contributed by atoms with van der Waals surface area (Å²) in [6.07, 6.45) is 13.2. The van der Waals surface area contributed by atoms with Crippen molar-refractivity contribution in [2.45, 2.75) is 91.3 Å². The minimum Gasteiger partial charge on any atom is -0.350 e. The van der Waals surface area contributed by atoms with Crippen LogP contribution in [0.3, 0.4) is 0 Å². The Balaban J connectivity index is 2.36. The molecule has 0 radical (unpaired) electrons. The van der Waals surface area contributed by atoms with E-state index >= 15 is 0 Å². The van der Waals surface area contributed by atoms with E-state index in [1.54, 1.807) is 0 Å². The third kappa shape index (κ3) is 6.27. The van der Waals surface area contributed by atoms with Crippen LogP contribution in [-0.2, 0) is 9.47 Å². The molecule has 19 heavy (non-hydrogen) atoms. The van der Waals surface area contributed by atoms with Crippen LogP contribution in [0, 0.1) is 5.41 Å². The highest BCUT2D eigenvalue weighted by molar-refractivity contribution is 4.80. The summed E-state index contributed by atoms with van der Waals surface area (Å²) in [5, 5.41) is 0. The highest BCUT2D eigenvalue weighted by Crippen LogP contribution is 2.38. The molecule has 1 heterocycles. The van der Waals surface area contributed by atoms with Crippen molar-refractivity contribution in [1.82, 2.24) is 0 Å². The van der Waals surface area contributed by atoms with Crippen LogP contribution >= 0.6 is 0 Å². The van der Waals surface area contributed by atoms with Gasteiger partial charge in [0.15, 0.2) is 6.29 Å². The van der Waals surface area contributed by atoms with Gasteiger partial charge in [0.05, 0.1) is 13.2 Å². The molecule has 2 heteroatoms. The predicted octanol–water partition coefficient (Wildman–Crippen LogP) is 5.31. The summed E-state index contributed by atoms with van der Waals surface area (Å²) < 4.78 is 11.6. The van der Waals surface area contributed by atoms with Crippen LogP contribution in [0.4, 0.5) is 0 Å². The Morgan fingerprint density at radius 2 is 1.26 bits per heavy atom. The lowest BCUT2D eigenvalue weighted by molar-refractivity contribution is -0.133. The maximum Gasteiger partial charge on any atom is 0.163 e. The van der Waals surface area contributed by atoms with E-state index in [2.05, 4.69) is 20.8 Å². The molecule has 0 N–H and O–H groups in total. The van der Waals surface area contributed by atoms with E-state index in [1.807, 2.05) is 0 Å². The summed E-state index contributed by atoms with van der Waals surface area (Å²) in [6, 6.07) is 0. The molecule has 0 saturated carbocycles. The molecule has 0 amide bonds. The molecule has 0 aliphatic carbocycles. The second kappa shape index (κ2) is 9.77. The van der Waals surface area contributed by atoms with Gasteiger partial charge in [-0.2, -0.15) is 0 Å². The van der Waals surface area contributed by atoms with Gasteiger partial charge in [0, 0.05) is 5.41 Å². The molecular formula is C17H34O2. The predicted molar refractivity (Wildman–Crippen MR) is 81.3 cm³/mol. The Hall–Kier alpha value is -0.0800. The minimum absolute atomic E-state index is 0.0516. The Bertz CT molecular complexity index is 197. The van der Waals surface area contributed by atoms with E-state index in [4.69, 9.17) is 9.47 Å².